The molecule has 1 aromatic carbocycles. The number of nitrogens with zero attached hydrogens (tertiary/aromatic N) is 3. The Morgan fingerprint density at radius 1 is 0.900 bits per heavy atom. The number of ketones is 2. The van der Waals surface area contributed by atoms with Gasteiger partial charge < -0.3 is 50.1 Å². The smallest absolute Gasteiger partial charge is 0.407 e. The molecule has 0 unspecified atom stereocenters. The zero-order valence-corrected chi connectivity index (χ0v) is 44.2. The van der Waals surface area contributed by atoms with Crippen LogP contribution in [0.4, 0.5) is 4.79 Å². The first-order chi connectivity index (χ1) is 33.6. The second kappa shape index (κ2) is 33.6. The summed E-state index contributed by atoms with van der Waals surface area (Å²) in [5.74, 6) is -1.30. The zero-order valence-electron chi connectivity index (χ0n) is 43.4. The number of hydrogen-bond acceptors (Lipinski definition) is 15. The van der Waals surface area contributed by atoms with Gasteiger partial charge >= 0.3 is 6.09 Å². The average molecular weight is 1000 g/mol. The Hall–Kier alpha value is -4.04. The summed E-state index contributed by atoms with van der Waals surface area (Å²) < 4.78 is 27.7. The van der Waals surface area contributed by atoms with E-state index < -0.39 is 36.0 Å². The molecule has 396 valence electrons. The molecule has 5 N–H and O–H groups in total. The van der Waals surface area contributed by atoms with E-state index in [-0.39, 0.29) is 85.4 Å². The number of hydrogen-bond donors (Lipinski definition) is 4. The monoisotopic (exact) mass is 1000 g/mol. The minimum Gasteiger partial charge on any atom is -0.508 e. The number of thiazole rings is 1. The van der Waals surface area contributed by atoms with Crippen LogP contribution < -0.4 is 16.4 Å². The van der Waals surface area contributed by atoms with E-state index in [4.69, 9.17) is 34.4 Å². The number of nitrogens with one attached hydrogen (secondary N) is 2. The average Bonchev–Trinajstić information content (AvgIpc) is 3.84. The predicted molar refractivity (Wildman–Crippen MR) is 272 cm³/mol. The summed E-state index contributed by atoms with van der Waals surface area (Å²) >= 11 is 1.33. The van der Waals surface area contributed by atoms with Crippen molar-refractivity contribution in [1.82, 2.24) is 25.4 Å². The number of Topliss-reactive ketones (excluding diaryl/α,β-unsaturated/α-hetero) is 2. The molecule has 0 aliphatic carbocycles. The van der Waals surface area contributed by atoms with Crippen LogP contribution in [0.5, 0.6) is 5.75 Å². The number of phenolic OH excluding ortho intramolecular Hbond substituents is 1. The maximum Gasteiger partial charge on any atom is 0.407 e. The number of piperidine rings is 1. The molecule has 70 heavy (non-hydrogen) atoms. The van der Waals surface area contributed by atoms with Gasteiger partial charge in [0.05, 0.1) is 52.2 Å². The van der Waals surface area contributed by atoms with Gasteiger partial charge in [-0.25, -0.2) is 9.78 Å². The van der Waals surface area contributed by atoms with E-state index in [0.29, 0.717) is 70.6 Å². The third-order valence-corrected chi connectivity index (χ3v) is 13.9. The van der Waals surface area contributed by atoms with Crippen LogP contribution in [0.3, 0.4) is 0 Å². The number of aromatic hydroxyl groups is 1. The van der Waals surface area contributed by atoms with Crippen LogP contribution in [0.2, 0.25) is 0 Å². The van der Waals surface area contributed by atoms with Gasteiger partial charge in [-0.2, -0.15) is 0 Å². The Bertz CT molecular complexity index is 1830. The van der Waals surface area contributed by atoms with Crippen LogP contribution in [0.25, 0.3) is 0 Å². The fraction of sp³-hybridized carbons (Fsp3) is 0.731. The largest absolute Gasteiger partial charge is 0.508 e. The Morgan fingerprint density at radius 2 is 1.57 bits per heavy atom. The molecule has 0 radical (unpaired) electrons. The number of ether oxygens (including phenoxy) is 5. The van der Waals surface area contributed by atoms with Crippen molar-refractivity contribution in [2.45, 2.75) is 137 Å². The number of likely N-dealkylation sites (tertiary alicyclic amines) is 1. The van der Waals surface area contributed by atoms with Gasteiger partial charge in [0.25, 0.3) is 5.91 Å². The van der Waals surface area contributed by atoms with Crippen molar-refractivity contribution in [3.63, 3.8) is 0 Å². The van der Waals surface area contributed by atoms with Crippen molar-refractivity contribution in [2.75, 3.05) is 86.1 Å². The van der Waals surface area contributed by atoms with Crippen molar-refractivity contribution in [3.8, 4) is 5.75 Å². The van der Waals surface area contributed by atoms with Crippen molar-refractivity contribution < 1.29 is 52.8 Å². The first kappa shape index (κ1) is 60.3. The Morgan fingerprint density at radius 3 is 2.19 bits per heavy atom. The molecule has 1 aromatic heterocycles. The van der Waals surface area contributed by atoms with Gasteiger partial charge in [-0.05, 0) is 81.6 Å². The van der Waals surface area contributed by atoms with E-state index in [9.17, 15) is 29.1 Å². The number of alkyl carbamates (subject to hydrolysis) is 1. The van der Waals surface area contributed by atoms with Crippen LogP contribution in [0, 0.1) is 23.7 Å². The van der Waals surface area contributed by atoms with E-state index in [0.717, 1.165) is 50.6 Å². The van der Waals surface area contributed by atoms with Gasteiger partial charge in [0.2, 0.25) is 5.91 Å². The lowest BCUT2D eigenvalue weighted by Crippen LogP contribution is -2.50. The van der Waals surface area contributed by atoms with Crippen LogP contribution in [0.1, 0.15) is 133 Å². The molecule has 17 nitrogen and oxygen atoms in total. The third kappa shape index (κ3) is 21.4. The molecule has 1 fully saturated rings. The Balaban J connectivity index is 1.71. The lowest BCUT2D eigenvalue weighted by atomic mass is 9.82. The highest BCUT2D eigenvalue weighted by Gasteiger charge is 2.38. The molecule has 18 heteroatoms. The minimum absolute atomic E-state index is 0.00433. The summed E-state index contributed by atoms with van der Waals surface area (Å²) in [4.78, 5) is 77.4. The number of nitrogens with two attached hydrogens (primary N) is 1. The maximum atomic E-state index is 14.8. The number of phenols is 1. The van der Waals surface area contributed by atoms with Gasteiger partial charge in [-0.3, -0.25) is 24.1 Å². The van der Waals surface area contributed by atoms with Crippen LogP contribution >= 0.6 is 11.3 Å². The molecule has 2 aromatic rings. The van der Waals surface area contributed by atoms with Crippen LogP contribution in [0.15, 0.2) is 29.6 Å². The van der Waals surface area contributed by atoms with Crippen molar-refractivity contribution >= 4 is 40.8 Å². The van der Waals surface area contributed by atoms with Gasteiger partial charge in [0.15, 0.2) is 11.6 Å². The van der Waals surface area contributed by atoms with E-state index in [1.807, 2.05) is 18.9 Å². The maximum absolute atomic E-state index is 14.8. The van der Waals surface area contributed by atoms with Gasteiger partial charge in [-0.15, -0.1) is 11.3 Å². The zero-order chi connectivity index (χ0) is 51.4. The highest BCUT2D eigenvalue weighted by molar-refractivity contribution is 7.09. The molecule has 7 atom stereocenters. The summed E-state index contributed by atoms with van der Waals surface area (Å²) in [5.41, 5.74) is 6.43. The lowest BCUT2D eigenvalue weighted by Gasteiger charge is -2.40. The molecule has 1 aliphatic heterocycles. The van der Waals surface area contributed by atoms with E-state index in [1.54, 1.807) is 36.6 Å². The molecule has 1 aliphatic rings. The molecular formula is C52H86N6O11S. The number of carbonyl (C=O) groups excluding carboxylic acids is 5. The first-order valence-corrected chi connectivity index (χ1v) is 26.6. The van der Waals surface area contributed by atoms with E-state index >= 15 is 0 Å². The predicted octanol–water partition coefficient (Wildman–Crippen LogP) is 6.75. The number of rotatable bonds is 36. The highest BCUT2D eigenvalue weighted by Crippen LogP contribution is 2.34. The topological polar surface area (TPSA) is 221 Å². The molecule has 0 saturated carbocycles. The number of benzene rings is 1. The number of likely N-dealkylation sites (N-methyl/N-ethyl adjacent to an activating group) is 1. The summed E-state index contributed by atoms with van der Waals surface area (Å²) in [6, 6.07) is 5.79. The van der Waals surface area contributed by atoms with E-state index in [1.165, 1.54) is 11.3 Å². The van der Waals surface area contributed by atoms with Crippen molar-refractivity contribution in [2.24, 2.45) is 29.4 Å². The van der Waals surface area contributed by atoms with Crippen molar-refractivity contribution in [3.05, 3.63) is 45.9 Å². The summed E-state index contributed by atoms with van der Waals surface area (Å²) in [5, 5.41) is 17.9. The number of aromatic nitrogens is 1. The highest BCUT2D eigenvalue weighted by atomic mass is 32.1. The van der Waals surface area contributed by atoms with E-state index in [2.05, 4.69) is 50.2 Å². The Kier molecular flexibility index (Phi) is 28.9. The minimum atomic E-state index is -0.749. The number of carbonyl (C=O) groups is 5. The standard InChI is InChI=1S/C52H86N6O11S/c1-9-20-58(51(63)42(37(6)11-3)32-46(60)44-14-12-13-21-57(44)8)45(36(4)5)33-48(68-22-10-2)50-56-43(35-70-50)49(62)55-40(31-39-15-17-41(59)18-16-39)30-38(7)47(61)34-54-52(64)69-29-28-67-27-26-66-25-24-65-23-19-53/h15-18,35-38,40,42,44-45,48,59H,9-14,19-34,53H2,1-8H3,(H,54,64)(H,55,62)/t37-,38-,40+,42-,44+,45+,48+/m0/s1. The van der Waals surface area contributed by atoms with Crippen LogP contribution in [-0.4, -0.2) is 154 Å². The molecule has 0 bridgehead atoms. The van der Waals surface area contributed by atoms with Crippen molar-refractivity contribution in [1.29, 1.82) is 0 Å². The molecule has 3 rings (SSSR count). The molecule has 0 spiro atoms. The third-order valence-electron chi connectivity index (χ3n) is 13.0. The summed E-state index contributed by atoms with van der Waals surface area (Å²) in [7, 11) is 2.01. The lowest BCUT2D eigenvalue weighted by molar-refractivity contribution is -0.145. The second-order valence-electron chi connectivity index (χ2n) is 18.9. The first-order valence-electron chi connectivity index (χ1n) is 25.7. The van der Waals surface area contributed by atoms with Gasteiger partial charge in [0, 0.05) is 61.8 Å². The van der Waals surface area contributed by atoms with Crippen LogP contribution in [-0.2, 0) is 44.5 Å². The van der Waals surface area contributed by atoms with Gasteiger partial charge in [-0.1, -0.05) is 73.4 Å². The second-order valence-corrected chi connectivity index (χ2v) is 19.8. The quantitative estimate of drug-likeness (QED) is 0.0520. The molecule has 3 amide bonds. The number of amides is 3. The van der Waals surface area contributed by atoms with Gasteiger partial charge in [0.1, 0.15) is 29.2 Å². The summed E-state index contributed by atoms with van der Waals surface area (Å²) in [6.07, 6.45) is 5.28. The fourth-order valence-electron chi connectivity index (χ4n) is 8.69. The SMILES string of the molecule is CCCO[C@H](C[C@H](C(C)C)N(CCC)C(=O)[C@@H](CC(=O)[C@H]1CCCCN1C)[C@@H](C)CC)c1nc(C(=O)N[C@@H](Cc2ccc(O)cc2)C[C@H](C)C(=O)CNC(=O)OCCOCCOCCOCCN)cs1. The Labute approximate surface area is 421 Å². The normalized spacial score (nSPS) is 16.7. The molecule has 1 saturated heterocycles. The molecule has 2 heterocycles. The fourth-order valence-corrected chi connectivity index (χ4v) is 9.55. The summed E-state index contributed by atoms with van der Waals surface area (Å²) in [6.45, 7) is 18.5. The molecular weight excluding hydrogens is 917 g/mol.